The molecule has 134 valence electrons. The summed E-state index contributed by atoms with van der Waals surface area (Å²) in [5.41, 5.74) is 0.0332. The molecule has 1 aliphatic heterocycles. The molecule has 1 amide bonds. The number of amides is 1. The quantitative estimate of drug-likeness (QED) is 0.915. The van der Waals surface area contributed by atoms with E-state index in [0.29, 0.717) is 36.9 Å². The first-order valence-corrected chi connectivity index (χ1v) is 7.80. The van der Waals surface area contributed by atoms with Crippen molar-refractivity contribution in [2.45, 2.75) is 19.5 Å². The smallest absolute Gasteiger partial charge is 0.381 e. The number of carbonyl (C=O) groups excluding carboxylic acids is 1. The van der Waals surface area contributed by atoms with E-state index in [0.717, 1.165) is 18.7 Å². The molecule has 1 aliphatic rings. The molecule has 2 aromatic heterocycles. The molecule has 1 atom stereocenters. The van der Waals surface area contributed by atoms with Gasteiger partial charge in [0.15, 0.2) is 5.82 Å². The van der Waals surface area contributed by atoms with E-state index in [1.54, 1.807) is 6.92 Å². The Labute approximate surface area is 142 Å². The second kappa shape index (κ2) is 6.83. The normalized spacial score (nSPS) is 17.7. The highest BCUT2D eigenvalue weighted by atomic mass is 19.4. The van der Waals surface area contributed by atoms with E-state index in [2.05, 4.69) is 15.4 Å². The van der Waals surface area contributed by atoms with Gasteiger partial charge in [0.2, 0.25) is 0 Å². The molecule has 1 N–H and O–H groups in total. The third kappa shape index (κ3) is 3.81. The third-order valence-electron chi connectivity index (χ3n) is 4.12. The number of ether oxygens (including phenoxy) is 1. The van der Waals surface area contributed by atoms with Gasteiger partial charge >= 0.3 is 6.18 Å². The number of hydrogen-bond donors (Lipinski definition) is 1. The van der Waals surface area contributed by atoms with Crippen LogP contribution in [0.2, 0.25) is 0 Å². The summed E-state index contributed by atoms with van der Waals surface area (Å²) in [6.07, 6.45) is -1.40. The lowest BCUT2D eigenvalue weighted by molar-refractivity contribution is -0.137. The van der Waals surface area contributed by atoms with E-state index in [1.807, 2.05) is 0 Å². The highest BCUT2D eigenvalue weighted by molar-refractivity contribution is 5.95. The first-order chi connectivity index (χ1) is 11.9. The van der Waals surface area contributed by atoms with Gasteiger partial charge in [-0.1, -0.05) is 0 Å². The van der Waals surface area contributed by atoms with Crippen molar-refractivity contribution in [1.29, 1.82) is 0 Å². The fourth-order valence-corrected chi connectivity index (χ4v) is 2.62. The Bertz CT molecular complexity index is 750. The Hall–Kier alpha value is -2.42. The molecular weight excluding hydrogens is 337 g/mol. The lowest BCUT2D eigenvalue weighted by Gasteiger charge is -2.10. The lowest BCUT2D eigenvalue weighted by atomic mass is 10.1. The van der Waals surface area contributed by atoms with Crippen molar-refractivity contribution in [3.05, 3.63) is 41.3 Å². The van der Waals surface area contributed by atoms with Gasteiger partial charge < -0.3 is 10.1 Å². The molecule has 1 unspecified atom stereocenters. The van der Waals surface area contributed by atoms with Crippen LogP contribution in [0.15, 0.2) is 24.5 Å². The summed E-state index contributed by atoms with van der Waals surface area (Å²) in [6, 6.07) is 2.16. The van der Waals surface area contributed by atoms with Crippen molar-refractivity contribution in [3.8, 4) is 5.82 Å². The summed E-state index contributed by atoms with van der Waals surface area (Å²) in [4.78, 5) is 16.1. The molecule has 0 aromatic carbocycles. The van der Waals surface area contributed by atoms with E-state index in [4.69, 9.17) is 4.74 Å². The monoisotopic (exact) mass is 354 g/mol. The molecule has 1 saturated heterocycles. The van der Waals surface area contributed by atoms with Crippen LogP contribution in [-0.2, 0) is 10.9 Å². The molecule has 3 rings (SSSR count). The molecule has 0 radical (unpaired) electrons. The number of carbonyl (C=O) groups is 1. The summed E-state index contributed by atoms with van der Waals surface area (Å²) < 4.78 is 44.4. The van der Waals surface area contributed by atoms with Crippen molar-refractivity contribution in [2.24, 2.45) is 5.92 Å². The van der Waals surface area contributed by atoms with Gasteiger partial charge in [0.05, 0.1) is 29.6 Å². The summed E-state index contributed by atoms with van der Waals surface area (Å²) >= 11 is 0. The molecular formula is C16H17F3N4O2. The number of halogens is 3. The molecule has 3 heterocycles. The van der Waals surface area contributed by atoms with Crippen LogP contribution in [0, 0.1) is 12.8 Å². The molecule has 0 aliphatic carbocycles. The van der Waals surface area contributed by atoms with Crippen LogP contribution in [0.25, 0.3) is 5.82 Å². The van der Waals surface area contributed by atoms with Gasteiger partial charge in [-0.2, -0.15) is 18.3 Å². The molecule has 0 spiro atoms. The zero-order chi connectivity index (χ0) is 18.0. The number of hydrogen-bond acceptors (Lipinski definition) is 4. The summed E-state index contributed by atoms with van der Waals surface area (Å²) in [6.45, 7) is 3.52. The number of alkyl halides is 3. The minimum atomic E-state index is -4.44. The largest absolute Gasteiger partial charge is 0.417 e. The molecule has 1 fully saturated rings. The molecule has 2 aromatic rings. The van der Waals surface area contributed by atoms with Gasteiger partial charge in [-0.25, -0.2) is 9.67 Å². The maximum absolute atomic E-state index is 12.6. The van der Waals surface area contributed by atoms with Crippen LogP contribution < -0.4 is 5.32 Å². The van der Waals surface area contributed by atoms with Crippen LogP contribution in [0.5, 0.6) is 0 Å². The lowest BCUT2D eigenvalue weighted by Crippen LogP contribution is -2.29. The molecule has 9 heteroatoms. The van der Waals surface area contributed by atoms with Crippen molar-refractivity contribution in [2.75, 3.05) is 19.8 Å². The topological polar surface area (TPSA) is 69.0 Å². The van der Waals surface area contributed by atoms with Crippen LogP contribution >= 0.6 is 0 Å². The average molecular weight is 354 g/mol. The SMILES string of the molecule is Cc1c(C(=O)NCC2CCOC2)cnn1-c1ccc(C(F)(F)F)cn1. The molecule has 0 saturated carbocycles. The van der Waals surface area contributed by atoms with Crippen molar-refractivity contribution in [3.63, 3.8) is 0 Å². The highest BCUT2D eigenvalue weighted by Gasteiger charge is 2.30. The van der Waals surface area contributed by atoms with Gasteiger partial charge in [-0.05, 0) is 25.5 Å². The zero-order valence-corrected chi connectivity index (χ0v) is 13.5. The average Bonchev–Trinajstić information content (AvgIpc) is 3.21. The van der Waals surface area contributed by atoms with Gasteiger partial charge in [0, 0.05) is 25.3 Å². The number of aromatic nitrogens is 3. The second-order valence-corrected chi connectivity index (χ2v) is 5.90. The second-order valence-electron chi connectivity index (χ2n) is 5.90. The predicted octanol–water partition coefficient (Wildman–Crippen LogP) is 2.36. The van der Waals surface area contributed by atoms with Crippen LogP contribution in [0.3, 0.4) is 0 Å². The minimum absolute atomic E-state index is 0.216. The number of pyridine rings is 1. The maximum atomic E-state index is 12.6. The number of nitrogens with one attached hydrogen (secondary N) is 1. The van der Waals surface area contributed by atoms with Gasteiger partial charge in [0.25, 0.3) is 5.91 Å². The summed E-state index contributed by atoms with van der Waals surface area (Å²) in [7, 11) is 0. The van der Waals surface area contributed by atoms with E-state index in [1.165, 1.54) is 16.9 Å². The fourth-order valence-electron chi connectivity index (χ4n) is 2.62. The van der Waals surface area contributed by atoms with Crippen LogP contribution in [0.1, 0.15) is 28.0 Å². The standard InChI is InChI=1S/C16H17F3N4O2/c1-10-13(15(24)21-6-11-4-5-25-9-11)8-22-23(10)14-3-2-12(7-20-14)16(17,18)19/h2-3,7-8,11H,4-6,9H2,1H3,(H,21,24). The van der Waals surface area contributed by atoms with Gasteiger partial charge in [0.1, 0.15) is 0 Å². The Kier molecular flexibility index (Phi) is 4.76. The Balaban J connectivity index is 1.73. The summed E-state index contributed by atoms with van der Waals surface area (Å²) in [5.74, 6) is 0.243. The van der Waals surface area contributed by atoms with E-state index < -0.39 is 11.7 Å². The minimum Gasteiger partial charge on any atom is -0.381 e. The molecule has 6 nitrogen and oxygen atoms in total. The Morgan fingerprint density at radius 3 is 2.80 bits per heavy atom. The maximum Gasteiger partial charge on any atom is 0.417 e. The zero-order valence-electron chi connectivity index (χ0n) is 13.5. The van der Waals surface area contributed by atoms with Crippen LogP contribution in [0.4, 0.5) is 13.2 Å². The predicted molar refractivity (Wildman–Crippen MR) is 82.4 cm³/mol. The molecule has 25 heavy (non-hydrogen) atoms. The van der Waals surface area contributed by atoms with Crippen molar-refractivity contribution in [1.82, 2.24) is 20.1 Å². The first-order valence-electron chi connectivity index (χ1n) is 7.80. The summed E-state index contributed by atoms with van der Waals surface area (Å²) in [5, 5.41) is 6.90. The van der Waals surface area contributed by atoms with Crippen LogP contribution in [-0.4, -0.2) is 40.4 Å². The number of nitrogens with zero attached hydrogens (tertiary/aromatic N) is 3. The third-order valence-corrected chi connectivity index (χ3v) is 4.12. The Morgan fingerprint density at radius 1 is 1.40 bits per heavy atom. The fraction of sp³-hybridized carbons (Fsp3) is 0.438. The highest BCUT2D eigenvalue weighted by Crippen LogP contribution is 2.28. The van der Waals surface area contributed by atoms with E-state index in [-0.39, 0.29) is 11.7 Å². The van der Waals surface area contributed by atoms with Crippen molar-refractivity contribution >= 4 is 5.91 Å². The van der Waals surface area contributed by atoms with Gasteiger partial charge in [-0.3, -0.25) is 4.79 Å². The first kappa shape index (κ1) is 17.4. The van der Waals surface area contributed by atoms with E-state index >= 15 is 0 Å². The van der Waals surface area contributed by atoms with Gasteiger partial charge in [-0.15, -0.1) is 0 Å². The Morgan fingerprint density at radius 2 is 2.20 bits per heavy atom. The van der Waals surface area contributed by atoms with Crippen molar-refractivity contribution < 1.29 is 22.7 Å². The molecule has 0 bridgehead atoms. The van der Waals surface area contributed by atoms with E-state index in [9.17, 15) is 18.0 Å². The number of rotatable bonds is 4.